The number of aliphatic hydroxyl groups is 1. The third-order valence-corrected chi connectivity index (χ3v) is 2.05. The molecule has 1 aliphatic heterocycles. The molecule has 0 saturated heterocycles. The Hall–Kier alpha value is -1.06. The smallest absolute Gasteiger partial charge is 0.257 e. The summed E-state index contributed by atoms with van der Waals surface area (Å²) in [5.41, 5.74) is 1.18. The molecule has 2 N–H and O–H groups in total. The second-order valence-corrected chi connectivity index (χ2v) is 3.06. The molecule has 1 atom stereocenters. The summed E-state index contributed by atoms with van der Waals surface area (Å²) in [7, 11) is 0. The molecule has 1 heterocycles. The molecule has 1 amide bonds. The number of nitrogens with one attached hydrogen (secondary N) is 1. The van der Waals surface area contributed by atoms with Crippen molar-refractivity contribution in [3.8, 4) is 0 Å². The molecule has 0 aliphatic carbocycles. The predicted molar refractivity (Wildman–Crippen MR) is 45.0 cm³/mol. The van der Waals surface area contributed by atoms with Crippen LogP contribution in [0.3, 0.4) is 0 Å². The first-order valence-corrected chi connectivity index (χ1v) is 3.84. The summed E-state index contributed by atoms with van der Waals surface area (Å²) >= 11 is 5.69. The number of aliphatic hydroxyl groups excluding tert-OH is 1. The Morgan fingerprint density at radius 1 is 1.50 bits per heavy atom. The summed E-state index contributed by atoms with van der Waals surface area (Å²) < 4.78 is 0. The molecule has 1 aromatic carbocycles. The van der Waals surface area contributed by atoms with Crippen LogP contribution in [0.1, 0.15) is 11.7 Å². The van der Waals surface area contributed by atoms with Crippen molar-refractivity contribution in [3.63, 3.8) is 0 Å². The van der Waals surface area contributed by atoms with Crippen LogP contribution >= 0.6 is 11.6 Å². The Balaban J connectivity index is 2.54. The van der Waals surface area contributed by atoms with Gasteiger partial charge >= 0.3 is 0 Å². The van der Waals surface area contributed by atoms with E-state index in [0.717, 1.165) is 0 Å². The van der Waals surface area contributed by atoms with E-state index in [1.54, 1.807) is 18.2 Å². The number of hydrogen-bond donors (Lipinski definition) is 2. The zero-order valence-corrected chi connectivity index (χ0v) is 6.80. The van der Waals surface area contributed by atoms with Gasteiger partial charge in [-0.3, -0.25) is 4.79 Å². The van der Waals surface area contributed by atoms with Gasteiger partial charge < -0.3 is 10.4 Å². The van der Waals surface area contributed by atoms with Gasteiger partial charge in [-0.15, -0.1) is 0 Å². The molecule has 1 unspecified atom stereocenters. The van der Waals surface area contributed by atoms with Gasteiger partial charge in [-0.1, -0.05) is 17.7 Å². The van der Waals surface area contributed by atoms with E-state index >= 15 is 0 Å². The Morgan fingerprint density at radius 2 is 2.25 bits per heavy atom. The van der Waals surface area contributed by atoms with Gasteiger partial charge in [0.05, 0.1) is 0 Å². The van der Waals surface area contributed by atoms with E-state index in [9.17, 15) is 9.90 Å². The van der Waals surface area contributed by atoms with Crippen molar-refractivity contribution < 1.29 is 9.90 Å². The number of rotatable bonds is 0. The van der Waals surface area contributed by atoms with Gasteiger partial charge in [0, 0.05) is 16.3 Å². The highest BCUT2D eigenvalue weighted by Gasteiger charge is 2.27. The van der Waals surface area contributed by atoms with Gasteiger partial charge in [0.1, 0.15) is 0 Å². The van der Waals surface area contributed by atoms with Crippen molar-refractivity contribution in [1.82, 2.24) is 0 Å². The maximum atomic E-state index is 10.9. The fourth-order valence-electron chi connectivity index (χ4n) is 1.22. The van der Waals surface area contributed by atoms with Crippen molar-refractivity contribution >= 4 is 23.2 Å². The van der Waals surface area contributed by atoms with Crippen LogP contribution in [0.2, 0.25) is 5.02 Å². The number of amides is 1. The lowest BCUT2D eigenvalue weighted by molar-refractivity contribution is -0.123. The summed E-state index contributed by atoms with van der Waals surface area (Å²) in [4.78, 5) is 10.9. The number of carbonyl (C=O) groups excluding carboxylic acids is 1. The minimum Gasteiger partial charge on any atom is -0.378 e. The molecule has 0 aromatic heterocycles. The highest BCUT2D eigenvalue weighted by molar-refractivity contribution is 6.31. The third-order valence-electron chi connectivity index (χ3n) is 1.82. The molecule has 1 aromatic rings. The molecule has 2 rings (SSSR count). The fourth-order valence-corrected chi connectivity index (χ4v) is 1.39. The summed E-state index contributed by atoms with van der Waals surface area (Å²) in [6, 6.07) is 4.90. The third kappa shape index (κ3) is 0.983. The van der Waals surface area contributed by atoms with Crippen molar-refractivity contribution in [1.29, 1.82) is 0 Å². The van der Waals surface area contributed by atoms with Crippen LogP contribution in [0, 0.1) is 0 Å². The Morgan fingerprint density at radius 3 is 3.00 bits per heavy atom. The number of anilines is 1. The average molecular weight is 184 g/mol. The fraction of sp³-hybridized carbons (Fsp3) is 0.125. The van der Waals surface area contributed by atoms with E-state index in [1.165, 1.54) is 0 Å². The van der Waals surface area contributed by atoms with Gasteiger partial charge in [-0.05, 0) is 12.1 Å². The number of benzene rings is 1. The normalized spacial score (nSPS) is 20.5. The number of halogens is 1. The van der Waals surface area contributed by atoms with Crippen molar-refractivity contribution in [3.05, 3.63) is 28.8 Å². The zero-order chi connectivity index (χ0) is 8.72. The van der Waals surface area contributed by atoms with E-state index in [-0.39, 0.29) is 0 Å². The van der Waals surface area contributed by atoms with Gasteiger partial charge in [-0.2, -0.15) is 0 Å². The predicted octanol–water partition coefficient (Wildman–Crippen LogP) is 1.33. The van der Waals surface area contributed by atoms with Crippen LogP contribution in [0.25, 0.3) is 0 Å². The minimum absolute atomic E-state index is 0.396. The molecule has 12 heavy (non-hydrogen) atoms. The van der Waals surface area contributed by atoms with Gasteiger partial charge in [0.2, 0.25) is 0 Å². The number of carbonyl (C=O) groups is 1. The summed E-state index contributed by atoms with van der Waals surface area (Å²) in [6.07, 6.45) is -1.04. The van der Waals surface area contributed by atoms with Gasteiger partial charge in [-0.25, -0.2) is 0 Å². The second kappa shape index (κ2) is 2.47. The van der Waals surface area contributed by atoms with Crippen LogP contribution in [0.4, 0.5) is 5.69 Å². The molecule has 0 bridgehead atoms. The van der Waals surface area contributed by atoms with Crippen molar-refractivity contribution in [2.24, 2.45) is 0 Å². The number of hydrogen-bond acceptors (Lipinski definition) is 2. The van der Waals surface area contributed by atoms with Crippen LogP contribution in [-0.4, -0.2) is 11.0 Å². The topological polar surface area (TPSA) is 49.3 Å². The summed E-state index contributed by atoms with van der Waals surface area (Å²) in [5, 5.41) is 12.3. The zero-order valence-electron chi connectivity index (χ0n) is 6.04. The highest BCUT2D eigenvalue weighted by Crippen LogP contribution is 2.32. The Labute approximate surface area is 74.0 Å². The van der Waals surface area contributed by atoms with E-state index in [2.05, 4.69) is 5.32 Å². The lowest BCUT2D eigenvalue weighted by atomic mass is 10.1. The molecule has 0 spiro atoms. The van der Waals surface area contributed by atoms with Gasteiger partial charge in [0.15, 0.2) is 6.10 Å². The van der Waals surface area contributed by atoms with E-state index < -0.39 is 12.0 Å². The Bertz CT molecular complexity index is 351. The molecule has 0 saturated carbocycles. The van der Waals surface area contributed by atoms with Gasteiger partial charge in [0.25, 0.3) is 5.91 Å². The van der Waals surface area contributed by atoms with Crippen molar-refractivity contribution in [2.75, 3.05) is 5.32 Å². The quantitative estimate of drug-likeness (QED) is 0.638. The first-order valence-electron chi connectivity index (χ1n) is 3.47. The van der Waals surface area contributed by atoms with Crippen LogP contribution in [0.15, 0.2) is 18.2 Å². The monoisotopic (exact) mass is 183 g/mol. The lowest BCUT2D eigenvalue weighted by Crippen LogP contribution is -2.10. The van der Waals surface area contributed by atoms with Crippen LogP contribution in [0.5, 0.6) is 0 Å². The molecule has 62 valence electrons. The van der Waals surface area contributed by atoms with E-state index in [1.807, 2.05) is 0 Å². The first-order chi connectivity index (χ1) is 5.68. The summed E-state index contributed by atoms with van der Waals surface area (Å²) in [5.74, 6) is -0.396. The maximum Gasteiger partial charge on any atom is 0.257 e. The average Bonchev–Trinajstić information content (AvgIpc) is 2.28. The molecule has 1 aliphatic rings. The van der Waals surface area contributed by atoms with Crippen LogP contribution < -0.4 is 5.32 Å². The molecule has 3 nitrogen and oxygen atoms in total. The molecular formula is C8H6ClNO2. The van der Waals surface area contributed by atoms with E-state index in [4.69, 9.17) is 11.6 Å². The summed E-state index contributed by atoms with van der Waals surface area (Å²) in [6.45, 7) is 0. The second-order valence-electron chi connectivity index (χ2n) is 2.62. The first kappa shape index (κ1) is 7.58. The lowest BCUT2D eigenvalue weighted by Gasteiger charge is -1.98. The standard InChI is InChI=1S/C8H6ClNO2/c9-4-1-2-5-6(3-4)10-8(12)7(5)11/h1-3,7,11H,(H,10,12). The maximum absolute atomic E-state index is 10.9. The van der Waals surface area contributed by atoms with Crippen molar-refractivity contribution in [2.45, 2.75) is 6.10 Å². The molecular weight excluding hydrogens is 178 g/mol. The largest absolute Gasteiger partial charge is 0.378 e. The molecule has 0 radical (unpaired) electrons. The minimum atomic E-state index is -1.04. The van der Waals surface area contributed by atoms with Crippen LogP contribution in [-0.2, 0) is 4.79 Å². The Kier molecular flexibility index (Phi) is 1.56. The molecule has 0 fully saturated rings. The molecule has 4 heteroatoms. The number of fused-ring (bicyclic) bond motifs is 1. The van der Waals surface area contributed by atoms with E-state index in [0.29, 0.717) is 16.3 Å². The SMILES string of the molecule is O=C1Nc2cc(Cl)ccc2C1O. The highest BCUT2D eigenvalue weighted by atomic mass is 35.5.